The van der Waals surface area contributed by atoms with Crippen LogP contribution in [0.5, 0.6) is 0 Å². The minimum atomic E-state index is 0.0150. The summed E-state index contributed by atoms with van der Waals surface area (Å²) in [6, 6.07) is 0. The molecule has 0 aromatic heterocycles. The van der Waals surface area contributed by atoms with E-state index in [0.29, 0.717) is 6.61 Å². The molecule has 0 rings (SSSR count). The largest absolute Gasteiger partial charge is 0.384 e. The number of carbonyl (C=O) groups excluding carboxylic acids is 1. The second kappa shape index (κ2) is 9.97. The number of methoxy groups -OCH3 is 1. The zero-order chi connectivity index (χ0) is 11.5. The molecule has 1 amide bonds. The monoisotopic (exact) mass is 215 g/mol. The van der Waals surface area contributed by atoms with Crippen molar-refractivity contribution in [3.8, 4) is 0 Å². The molecule has 0 saturated carbocycles. The van der Waals surface area contributed by atoms with Crippen LogP contribution in [0.25, 0.3) is 0 Å². The summed E-state index contributed by atoms with van der Waals surface area (Å²) < 4.78 is 5.00. The fourth-order valence-electron chi connectivity index (χ4n) is 1.49. The van der Waals surface area contributed by atoms with Crippen LogP contribution in [-0.4, -0.2) is 26.2 Å². The molecule has 0 spiro atoms. The summed E-state index contributed by atoms with van der Waals surface area (Å²) in [5.74, 6) is 0.150. The van der Waals surface area contributed by atoms with Gasteiger partial charge >= 0.3 is 0 Å². The minimum Gasteiger partial charge on any atom is -0.384 e. The SMILES string of the molecule is CCCCCCNC(=O)[C@@H](CC)COC. The van der Waals surface area contributed by atoms with E-state index >= 15 is 0 Å². The first kappa shape index (κ1) is 14.4. The van der Waals surface area contributed by atoms with Gasteiger partial charge in [-0.25, -0.2) is 0 Å². The van der Waals surface area contributed by atoms with Gasteiger partial charge in [0.2, 0.25) is 5.91 Å². The van der Waals surface area contributed by atoms with Crippen LogP contribution < -0.4 is 5.32 Å². The number of hydrogen-bond acceptors (Lipinski definition) is 2. The van der Waals surface area contributed by atoms with Gasteiger partial charge < -0.3 is 10.1 Å². The van der Waals surface area contributed by atoms with Crippen molar-refractivity contribution in [1.29, 1.82) is 0 Å². The van der Waals surface area contributed by atoms with Gasteiger partial charge in [-0.05, 0) is 12.8 Å². The standard InChI is InChI=1S/C12H25NO2/c1-4-6-7-8-9-13-12(14)11(5-2)10-15-3/h11H,4-10H2,1-3H3,(H,13,14)/t11-/m0/s1. The van der Waals surface area contributed by atoms with Crippen molar-refractivity contribution in [2.24, 2.45) is 5.92 Å². The highest BCUT2D eigenvalue weighted by Crippen LogP contribution is 2.03. The summed E-state index contributed by atoms with van der Waals surface area (Å²) >= 11 is 0. The van der Waals surface area contributed by atoms with Gasteiger partial charge in [0.15, 0.2) is 0 Å². The smallest absolute Gasteiger partial charge is 0.225 e. The molecule has 0 aliphatic carbocycles. The van der Waals surface area contributed by atoms with E-state index in [1.807, 2.05) is 6.92 Å². The van der Waals surface area contributed by atoms with Crippen molar-refractivity contribution >= 4 is 5.91 Å². The Balaban J connectivity index is 3.53. The Morgan fingerprint density at radius 2 is 2.00 bits per heavy atom. The lowest BCUT2D eigenvalue weighted by Gasteiger charge is -2.13. The number of unbranched alkanes of at least 4 members (excludes halogenated alkanes) is 3. The summed E-state index contributed by atoms with van der Waals surface area (Å²) in [5, 5.41) is 2.96. The lowest BCUT2D eigenvalue weighted by Crippen LogP contribution is -2.33. The number of rotatable bonds is 9. The van der Waals surface area contributed by atoms with Gasteiger partial charge in [0, 0.05) is 13.7 Å². The third-order valence-corrected chi connectivity index (χ3v) is 2.56. The van der Waals surface area contributed by atoms with Gasteiger partial charge in [-0.2, -0.15) is 0 Å². The van der Waals surface area contributed by atoms with E-state index in [-0.39, 0.29) is 11.8 Å². The molecule has 0 bridgehead atoms. The summed E-state index contributed by atoms with van der Waals surface area (Å²) in [6.45, 7) is 5.53. The van der Waals surface area contributed by atoms with Crippen molar-refractivity contribution in [2.45, 2.75) is 46.0 Å². The molecule has 0 aromatic rings. The molecular weight excluding hydrogens is 190 g/mol. The van der Waals surface area contributed by atoms with E-state index in [4.69, 9.17) is 4.74 Å². The van der Waals surface area contributed by atoms with Gasteiger partial charge in [-0.15, -0.1) is 0 Å². The Bertz CT molecular complexity index is 160. The molecule has 3 heteroatoms. The zero-order valence-electron chi connectivity index (χ0n) is 10.3. The van der Waals surface area contributed by atoms with Crippen molar-refractivity contribution in [3.05, 3.63) is 0 Å². The molecule has 0 aromatic carbocycles. The minimum absolute atomic E-state index is 0.0150. The molecule has 0 unspecified atom stereocenters. The van der Waals surface area contributed by atoms with Crippen LogP contribution in [0.2, 0.25) is 0 Å². The maximum atomic E-state index is 11.6. The molecule has 1 atom stereocenters. The van der Waals surface area contributed by atoms with E-state index in [9.17, 15) is 4.79 Å². The topological polar surface area (TPSA) is 38.3 Å². The number of carbonyl (C=O) groups is 1. The highest BCUT2D eigenvalue weighted by molar-refractivity contribution is 5.78. The van der Waals surface area contributed by atoms with Crippen molar-refractivity contribution < 1.29 is 9.53 Å². The average Bonchev–Trinajstić information content (AvgIpc) is 2.25. The molecule has 0 fully saturated rings. The van der Waals surface area contributed by atoms with Crippen LogP contribution in [0.15, 0.2) is 0 Å². The molecule has 0 radical (unpaired) electrons. The maximum Gasteiger partial charge on any atom is 0.225 e. The highest BCUT2D eigenvalue weighted by Gasteiger charge is 2.14. The van der Waals surface area contributed by atoms with Crippen LogP contribution in [0.1, 0.15) is 46.0 Å². The molecule has 0 heterocycles. The number of nitrogens with one attached hydrogen (secondary N) is 1. The molecule has 0 aliphatic rings. The Morgan fingerprint density at radius 1 is 1.27 bits per heavy atom. The fraction of sp³-hybridized carbons (Fsp3) is 0.917. The van der Waals surface area contributed by atoms with Crippen molar-refractivity contribution in [3.63, 3.8) is 0 Å². The number of amides is 1. The predicted octanol–water partition coefficient (Wildman–Crippen LogP) is 2.36. The van der Waals surface area contributed by atoms with Crippen LogP contribution in [0, 0.1) is 5.92 Å². The summed E-state index contributed by atoms with van der Waals surface area (Å²) in [6.07, 6.45) is 5.62. The molecule has 3 nitrogen and oxygen atoms in total. The van der Waals surface area contributed by atoms with Crippen molar-refractivity contribution in [1.82, 2.24) is 5.32 Å². The first-order valence-electron chi connectivity index (χ1n) is 6.02. The quantitative estimate of drug-likeness (QED) is 0.600. The van der Waals surface area contributed by atoms with Crippen LogP contribution in [0.4, 0.5) is 0 Å². The highest BCUT2D eigenvalue weighted by atomic mass is 16.5. The number of ether oxygens (including phenoxy) is 1. The van der Waals surface area contributed by atoms with Crippen LogP contribution in [0.3, 0.4) is 0 Å². The second-order valence-electron chi connectivity index (χ2n) is 3.91. The summed E-state index contributed by atoms with van der Waals surface area (Å²) in [5.41, 5.74) is 0. The molecule has 0 saturated heterocycles. The molecule has 0 aliphatic heterocycles. The van der Waals surface area contributed by atoms with Crippen molar-refractivity contribution in [2.75, 3.05) is 20.3 Å². The lowest BCUT2D eigenvalue weighted by atomic mass is 10.1. The average molecular weight is 215 g/mol. The van der Waals surface area contributed by atoms with Gasteiger partial charge in [0.05, 0.1) is 12.5 Å². The van der Waals surface area contributed by atoms with E-state index < -0.39 is 0 Å². The van der Waals surface area contributed by atoms with Gasteiger partial charge in [0.1, 0.15) is 0 Å². The van der Waals surface area contributed by atoms with E-state index in [1.54, 1.807) is 7.11 Å². The van der Waals surface area contributed by atoms with Gasteiger partial charge in [-0.3, -0.25) is 4.79 Å². The normalized spacial score (nSPS) is 12.5. The number of hydrogen-bond donors (Lipinski definition) is 1. The van der Waals surface area contributed by atoms with E-state index in [0.717, 1.165) is 19.4 Å². The lowest BCUT2D eigenvalue weighted by molar-refractivity contribution is -0.126. The van der Waals surface area contributed by atoms with Crippen LogP contribution in [-0.2, 0) is 9.53 Å². The Labute approximate surface area is 93.6 Å². The Hall–Kier alpha value is -0.570. The molecular formula is C12H25NO2. The molecule has 1 N–H and O–H groups in total. The van der Waals surface area contributed by atoms with Gasteiger partial charge in [-0.1, -0.05) is 33.1 Å². The molecule has 90 valence electrons. The van der Waals surface area contributed by atoms with E-state index in [1.165, 1.54) is 19.3 Å². The summed E-state index contributed by atoms with van der Waals surface area (Å²) in [4.78, 5) is 11.6. The predicted molar refractivity (Wildman–Crippen MR) is 62.8 cm³/mol. The fourth-order valence-corrected chi connectivity index (χ4v) is 1.49. The second-order valence-corrected chi connectivity index (χ2v) is 3.91. The van der Waals surface area contributed by atoms with Gasteiger partial charge in [0.25, 0.3) is 0 Å². The van der Waals surface area contributed by atoms with E-state index in [2.05, 4.69) is 12.2 Å². The van der Waals surface area contributed by atoms with Crippen LogP contribution >= 0.6 is 0 Å². The first-order chi connectivity index (χ1) is 7.26. The Kier molecular flexibility index (Phi) is 9.59. The first-order valence-corrected chi connectivity index (χ1v) is 6.02. The zero-order valence-corrected chi connectivity index (χ0v) is 10.3. The maximum absolute atomic E-state index is 11.6. The molecule has 15 heavy (non-hydrogen) atoms. The third kappa shape index (κ3) is 7.37. The Morgan fingerprint density at radius 3 is 2.53 bits per heavy atom. The summed E-state index contributed by atoms with van der Waals surface area (Å²) in [7, 11) is 1.64. The third-order valence-electron chi connectivity index (χ3n) is 2.56.